The number of hydrogen-bond acceptors (Lipinski definition) is 3. The number of nitrogens with one attached hydrogen (secondary N) is 1. The summed E-state index contributed by atoms with van der Waals surface area (Å²) in [5.74, 6) is 0.822. The fraction of sp³-hybridized carbons (Fsp3) is 0.714. The summed E-state index contributed by atoms with van der Waals surface area (Å²) in [6.45, 7) is 3.61. The van der Waals surface area contributed by atoms with Crippen molar-refractivity contribution >= 4 is 11.3 Å². The first-order valence-electron chi connectivity index (χ1n) is 6.65. The molecule has 2 N–H and O–H groups in total. The third-order valence-corrected chi connectivity index (χ3v) is 4.80. The Hall–Kier alpha value is -0.380. The second kappa shape index (κ2) is 5.98. The van der Waals surface area contributed by atoms with E-state index in [4.69, 9.17) is 0 Å². The predicted octanol–water partition coefficient (Wildman–Crippen LogP) is 3.13. The summed E-state index contributed by atoms with van der Waals surface area (Å²) in [6.07, 6.45) is 6.88. The monoisotopic (exact) mass is 253 g/mol. The molecule has 1 unspecified atom stereocenters. The lowest BCUT2D eigenvalue weighted by Gasteiger charge is -2.26. The molecule has 0 aliphatic heterocycles. The van der Waals surface area contributed by atoms with Crippen molar-refractivity contribution in [2.24, 2.45) is 5.92 Å². The van der Waals surface area contributed by atoms with Crippen molar-refractivity contribution in [1.82, 2.24) is 5.32 Å². The van der Waals surface area contributed by atoms with Crippen LogP contribution in [0.5, 0.6) is 0 Å². The van der Waals surface area contributed by atoms with Crippen LogP contribution in [-0.2, 0) is 5.60 Å². The summed E-state index contributed by atoms with van der Waals surface area (Å²) >= 11 is 1.63. The normalized spacial score (nSPS) is 21.3. The summed E-state index contributed by atoms with van der Waals surface area (Å²) < 4.78 is 0. The Kier molecular flexibility index (Phi) is 4.60. The minimum atomic E-state index is -0.719. The van der Waals surface area contributed by atoms with Crippen LogP contribution in [0.4, 0.5) is 0 Å². The Morgan fingerprint density at radius 1 is 1.41 bits per heavy atom. The highest BCUT2D eigenvalue weighted by atomic mass is 32.1. The fourth-order valence-electron chi connectivity index (χ4n) is 2.58. The second-order valence-electron chi connectivity index (χ2n) is 5.39. The van der Waals surface area contributed by atoms with Gasteiger partial charge in [0.05, 0.1) is 0 Å². The summed E-state index contributed by atoms with van der Waals surface area (Å²) in [6, 6.07) is 4.00. The molecule has 0 amide bonds. The Balaban J connectivity index is 1.74. The molecule has 1 saturated carbocycles. The number of aliphatic hydroxyl groups is 1. The Labute approximate surface area is 108 Å². The van der Waals surface area contributed by atoms with Gasteiger partial charge in [-0.05, 0) is 43.7 Å². The van der Waals surface area contributed by atoms with E-state index in [0.717, 1.165) is 17.3 Å². The molecule has 0 saturated heterocycles. The van der Waals surface area contributed by atoms with E-state index in [9.17, 15) is 5.11 Å². The Morgan fingerprint density at radius 2 is 2.18 bits per heavy atom. The Bertz CT molecular complexity index is 315. The highest BCUT2D eigenvalue weighted by molar-refractivity contribution is 7.10. The zero-order valence-electron chi connectivity index (χ0n) is 10.6. The fourth-order valence-corrected chi connectivity index (χ4v) is 3.37. The van der Waals surface area contributed by atoms with Gasteiger partial charge in [-0.1, -0.05) is 25.3 Å². The maximum atomic E-state index is 10.4. The quantitative estimate of drug-likeness (QED) is 0.845. The minimum absolute atomic E-state index is 0.657. The molecule has 0 radical (unpaired) electrons. The molecular formula is C14H23NOS. The number of rotatable bonds is 5. The van der Waals surface area contributed by atoms with Crippen LogP contribution >= 0.6 is 11.3 Å². The predicted molar refractivity (Wildman–Crippen MR) is 73.3 cm³/mol. The minimum Gasteiger partial charge on any atom is -0.383 e. The van der Waals surface area contributed by atoms with Gasteiger partial charge < -0.3 is 10.4 Å². The van der Waals surface area contributed by atoms with Gasteiger partial charge in [0.25, 0.3) is 0 Å². The molecule has 3 heteroatoms. The smallest absolute Gasteiger partial charge is 0.108 e. The van der Waals surface area contributed by atoms with Crippen LogP contribution in [0.25, 0.3) is 0 Å². The maximum Gasteiger partial charge on any atom is 0.108 e. The molecule has 1 aliphatic rings. The summed E-state index contributed by atoms with van der Waals surface area (Å²) in [5.41, 5.74) is -0.719. The van der Waals surface area contributed by atoms with Crippen LogP contribution < -0.4 is 5.32 Å². The molecule has 2 rings (SSSR count). The van der Waals surface area contributed by atoms with Crippen molar-refractivity contribution < 1.29 is 5.11 Å². The van der Waals surface area contributed by atoms with E-state index in [2.05, 4.69) is 5.32 Å². The summed E-state index contributed by atoms with van der Waals surface area (Å²) in [4.78, 5) is 1.05. The first-order valence-corrected chi connectivity index (χ1v) is 7.53. The standard InChI is InChI=1S/C14H23NOS/c1-14(16,13-8-5-9-17-13)11-15-10-12-6-3-2-4-7-12/h5,8-9,12,15-16H,2-4,6-7,10-11H2,1H3. The van der Waals surface area contributed by atoms with Gasteiger partial charge >= 0.3 is 0 Å². The summed E-state index contributed by atoms with van der Waals surface area (Å²) in [7, 11) is 0. The second-order valence-corrected chi connectivity index (χ2v) is 6.33. The first kappa shape index (κ1) is 13.1. The first-order chi connectivity index (χ1) is 8.18. The van der Waals surface area contributed by atoms with Crippen molar-refractivity contribution in [3.63, 3.8) is 0 Å². The molecule has 1 aromatic rings. The molecule has 1 fully saturated rings. The zero-order valence-corrected chi connectivity index (χ0v) is 11.4. The van der Waals surface area contributed by atoms with Gasteiger partial charge in [0, 0.05) is 11.4 Å². The SMILES string of the molecule is CC(O)(CNCC1CCCCC1)c1cccs1. The largest absolute Gasteiger partial charge is 0.383 e. The Morgan fingerprint density at radius 3 is 2.82 bits per heavy atom. The molecule has 1 heterocycles. The van der Waals surface area contributed by atoms with Gasteiger partial charge in [0.1, 0.15) is 5.60 Å². The van der Waals surface area contributed by atoms with E-state index in [1.54, 1.807) is 11.3 Å². The zero-order chi connectivity index (χ0) is 12.1. The average Bonchev–Trinajstić information content (AvgIpc) is 2.84. The number of hydrogen-bond donors (Lipinski definition) is 2. The lowest BCUT2D eigenvalue weighted by Crippen LogP contribution is -2.37. The highest BCUT2D eigenvalue weighted by Crippen LogP contribution is 2.25. The molecule has 1 atom stereocenters. The maximum absolute atomic E-state index is 10.4. The van der Waals surface area contributed by atoms with Crippen molar-refractivity contribution in [2.45, 2.75) is 44.6 Å². The summed E-state index contributed by atoms with van der Waals surface area (Å²) in [5, 5.41) is 15.8. The lowest BCUT2D eigenvalue weighted by atomic mass is 9.89. The van der Waals surface area contributed by atoms with Gasteiger partial charge in [-0.3, -0.25) is 0 Å². The molecule has 96 valence electrons. The molecule has 2 nitrogen and oxygen atoms in total. The van der Waals surface area contributed by atoms with Crippen molar-refractivity contribution in [3.05, 3.63) is 22.4 Å². The lowest BCUT2D eigenvalue weighted by molar-refractivity contribution is 0.0592. The molecule has 0 spiro atoms. The average molecular weight is 253 g/mol. The molecule has 0 bridgehead atoms. The van der Waals surface area contributed by atoms with Gasteiger partial charge in [-0.15, -0.1) is 11.3 Å². The third-order valence-electron chi connectivity index (χ3n) is 3.68. The van der Waals surface area contributed by atoms with Crippen LogP contribution in [0.3, 0.4) is 0 Å². The number of thiophene rings is 1. The van der Waals surface area contributed by atoms with E-state index in [1.807, 2.05) is 24.4 Å². The molecule has 17 heavy (non-hydrogen) atoms. The van der Waals surface area contributed by atoms with Crippen LogP contribution in [0.1, 0.15) is 43.9 Å². The van der Waals surface area contributed by atoms with E-state index in [1.165, 1.54) is 32.1 Å². The van der Waals surface area contributed by atoms with Gasteiger partial charge in [-0.25, -0.2) is 0 Å². The van der Waals surface area contributed by atoms with Crippen LogP contribution in [0.2, 0.25) is 0 Å². The van der Waals surface area contributed by atoms with Crippen molar-refractivity contribution in [1.29, 1.82) is 0 Å². The third kappa shape index (κ3) is 3.80. The van der Waals surface area contributed by atoms with E-state index in [0.29, 0.717) is 6.54 Å². The van der Waals surface area contributed by atoms with E-state index >= 15 is 0 Å². The van der Waals surface area contributed by atoms with Gasteiger partial charge in [-0.2, -0.15) is 0 Å². The van der Waals surface area contributed by atoms with Crippen LogP contribution in [0.15, 0.2) is 17.5 Å². The molecule has 1 aliphatic carbocycles. The highest BCUT2D eigenvalue weighted by Gasteiger charge is 2.24. The van der Waals surface area contributed by atoms with Gasteiger partial charge in [0.2, 0.25) is 0 Å². The van der Waals surface area contributed by atoms with E-state index < -0.39 is 5.60 Å². The van der Waals surface area contributed by atoms with Crippen molar-refractivity contribution in [3.8, 4) is 0 Å². The van der Waals surface area contributed by atoms with E-state index in [-0.39, 0.29) is 0 Å². The topological polar surface area (TPSA) is 32.3 Å². The van der Waals surface area contributed by atoms with Gasteiger partial charge in [0.15, 0.2) is 0 Å². The molecular weight excluding hydrogens is 230 g/mol. The molecule has 0 aromatic carbocycles. The molecule has 1 aromatic heterocycles. The van der Waals surface area contributed by atoms with Crippen molar-refractivity contribution in [2.75, 3.05) is 13.1 Å². The van der Waals surface area contributed by atoms with Crippen LogP contribution in [0, 0.1) is 5.92 Å². The van der Waals surface area contributed by atoms with Crippen LogP contribution in [-0.4, -0.2) is 18.2 Å².